The minimum atomic E-state index is -0.899. The zero-order valence-corrected chi connectivity index (χ0v) is 21.4. The Balaban J connectivity index is 1.18. The third-order valence-electron chi connectivity index (χ3n) is 7.44. The Morgan fingerprint density at radius 3 is 2.61 bits per heavy atom. The normalized spacial score (nSPS) is 21.9. The van der Waals surface area contributed by atoms with Crippen molar-refractivity contribution in [1.29, 1.82) is 0 Å². The van der Waals surface area contributed by atoms with Crippen molar-refractivity contribution in [2.75, 3.05) is 36.8 Å². The van der Waals surface area contributed by atoms with Crippen LogP contribution in [0.5, 0.6) is 0 Å². The van der Waals surface area contributed by atoms with Gasteiger partial charge in [0, 0.05) is 80.9 Å². The number of thioether (sulfide) groups is 1. The molecule has 1 aromatic carbocycles. The molecule has 11 heteroatoms. The second-order valence-corrected chi connectivity index (χ2v) is 11.1. The van der Waals surface area contributed by atoms with E-state index in [1.54, 1.807) is 36.0 Å². The molecule has 7 nitrogen and oxygen atoms in total. The van der Waals surface area contributed by atoms with E-state index in [1.807, 2.05) is 17.7 Å². The van der Waals surface area contributed by atoms with Gasteiger partial charge >= 0.3 is 0 Å². The average Bonchev–Trinajstić information content (AvgIpc) is 3.44. The number of aryl methyl sites for hydroxylation is 1. The van der Waals surface area contributed by atoms with Gasteiger partial charge in [-0.25, -0.2) is 13.2 Å². The average molecular weight is 519 g/mol. The van der Waals surface area contributed by atoms with Gasteiger partial charge in [0.25, 0.3) is 5.56 Å². The first-order valence-electron chi connectivity index (χ1n) is 12.0. The lowest BCUT2D eigenvalue weighted by molar-refractivity contribution is 0.276. The quantitative estimate of drug-likeness (QED) is 0.351. The van der Waals surface area contributed by atoms with Crippen LogP contribution in [0, 0.1) is 22.9 Å². The van der Waals surface area contributed by atoms with Crippen LogP contribution < -0.4 is 10.5 Å². The van der Waals surface area contributed by atoms with Crippen LogP contribution in [0.25, 0.3) is 11.4 Å². The van der Waals surface area contributed by atoms with Crippen LogP contribution >= 0.6 is 11.8 Å². The Labute approximate surface area is 211 Å². The Morgan fingerprint density at radius 2 is 1.89 bits per heavy atom. The molecule has 0 bridgehead atoms. The molecule has 0 N–H and O–H groups in total. The van der Waals surface area contributed by atoms with Gasteiger partial charge in [-0.05, 0) is 25.5 Å². The highest BCUT2D eigenvalue weighted by molar-refractivity contribution is 7.99. The van der Waals surface area contributed by atoms with E-state index in [2.05, 4.69) is 22.0 Å². The lowest BCUT2D eigenvalue weighted by Crippen LogP contribution is -2.39. The predicted octanol–water partition coefficient (Wildman–Crippen LogP) is 3.68. The SMILES string of the molecule is Cn1c(SCCCN2C[C@H]3N(c4c(F)cc(F)cc4F)CC[C@@]3(C)C2)nnc1-c1ccn(C)c(=O)c1. The zero-order valence-electron chi connectivity index (χ0n) is 20.5. The topological polar surface area (TPSA) is 59.2 Å². The number of hydrogen-bond acceptors (Lipinski definition) is 6. The maximum Gasteiger partial charge on any atom is 0.250 e. The van der Waals surface area contributed by atoms with Crippen LogP contribution in [0.15, 0.2) is 40.4 Å². The molecule has 0 amide bonds. The predicted molar refractivity (Wildman–Crippen MR) is 134 cm³/mol. The first-order chi connectivity index (χ1) is 17.2. The van der Waals surface area contributed by atoms with Crippen molar-refractivity contribution in [1.82, 2.24) is 24.2 Å². The molecule has 0 spiro atoms. The smallest absolute Gasteiger partial charge is 0.250 e. The third-order valence-corrected chi connectivity index (χ3v) is 8.54. The van der Waals surface area contributed by atoms with Crippen molar-refractivity contribution in [2.45, 2.75) is 31.0 Å². The van der Waals surface area contributed by atoms with Gasteiger partial charge < -0.3 is 18.9 Å². The number of nitrogens with zero attached hydrogens (tertiary/aromatic N) is 6. The molecule has 0 saturated carbocycles. The first kappa shape index (κ1) is 24.9. The van der Waals surface area contributed by atoms with E-state index < -0.39 is 17.5 Å². The van der Waals surface area contributed by atoms with E-state index in [9.17, 15) is 18.0 Å². The number of benzene rings is 1. The monoisotopic (exact) mass is 518 g/mol. The van der Waals surface area contributed by atoms with Crippen LogP contribution in [0.3, 0.4) is 0 Å². The fourth-order valence-corrected chi connectivity index (χ4v) is 6.31. The molecule has 2 aliphatic rings. The van der Waals surface area contributed by atoms with Crippen LogP contribution in [-0.4, -0.2) is 62.2 Å². The number of fused-ring (bicyclic) bond motifs is 1. The Bertz CT molecular complexity index is 1320. The summed E-state index contributed by atoms with van der Waals surface area (Å²) in [6.07, 6.45) is 3.47. The molecule has 5 rings (SSSR count). The minimum absolute atomic E-state index is 0.0144. The number of halogens is 3. The second-order valence-electron chi connectivity index (χ2n) is 10.00. The summed E-state index contributed by atoms with van der Waals surface area (Å²) < 4.78 is 45.7. The molecule has 2 saturated heterocycles. The molecule has 0 radical (unpaired) electrons. The van der Waals surface area contributed by atoms with Crippen LogP contribution in [0.1, 0.15) is 19.8 Å². The van der Waals surface area contributed by atoms with Gasteiger partial charge in [0.15, 0.2) is 22.6 Å². The standard InChI is InChI=1S/C25H29F3N6OS/c1-25-6-9-34(22-18(27)12-17(26)13-19(22)28)20(25)14-33(15-25)7-4-10-36-24-30-29-23(32(24)3)16-5-8-31(2)21(35)11-16/h5,8,11-13,20H,4,6-7,9-10,14-15H2,1-3H3/t20-,25+/m1/s1. The molecule has 2 fully saturated rings. The molecule has 2 aromatic heterocycles. The highest BCUT2D eigenvalue weighted by atomic mass is 32.2. The molecule has 36 heavy (non-hydrogen) atoms. The number of anilines is 1. The van der Waals surface area contributed by atoms with Gasteiger partial charge in [0.05, 0.1) is 0 Å². The largest absolute Gasteiger partial charge is 0.362 e. The second kappa shape index (κ2) is 9.59. The van der Waals surface area contributed by atoms with E-state index >= 15 is 0 Å². The van der Waals surface area contributed by atoms with E-state index in [1.165, 1.54) is 4.57 Å². The van der Waals surface area contributed by atoms with Crippen LogP contribution in [0.2, 0.25) is 0 Å². The van der Waals surface area contributed by atoms with Gasteiger partial charge in [-0.3, -0.25) is 4.79 Å². The van der Waals surface area contributed by atoms with Crippen molar-refractivity contribution in [3.63, 3.8) is 0 Å². The van der Waals surface area contributed by atoms with Gasteiger partial charge in [-0.1, -0.05) is 18.7 Å². The summed E-state index contributed by atoms with van der Waals surface area (Å²) in [7, 11) is 3.59. The van der Waals surface area contributed by atoms with Crippen molar-refractivity contribution in [3.05, 3.63) is 58.3 Å². The summed E-state index contributed by atoms with van der Waals surface area (Å²) in [4.78, 5) is 16.1. The zero-order chi connectivity index (χ0) is 25.6. The van der Waals surface area contributed by atoms with Crippen LogP contribution in [0.4, 0.5) is 18.9 Å². The van der Waals surface area contributed by atoms with E-state index in [0.717, 1.165) is 54.5 Å². The fourth-order valence-electron chi connectivity index (χ4n) is 5.48. The molecular formula is C25H29F3N6OS. The highest BCUT2D eigenvalue weighted by Crippen LogP contribution is 2.45. The maximum absolute atomic E-state index is 14.5. The summed E-state index contributed by atoms with van der Waals surface area (Å²) in [5, 5.41) is 9.33. The lowest BCUT2D eigenvalue weighted by Gasteiger charge is -2.30. The Kier molecular flexibility index (Phi) is 6.63. The molecule has 4 heterocycles. The Hall–Kier alpha value is -2.79. The number of aromatic nitrogens is 4. The van der Waals surface area contributed by atoms with Gasteiger partial charge in [-0.15, -0.1) is 10.2 Å². The number of pyridine rings is 1. The van der Waals surface area contributed by atoms with Gasteiger partial charge in [-0.2, -0.15) is 0 Å². The molecule has 2 atom stereocenters. The summed E-state index contributed by atoms with van der Waals surface area (Å²) in [5.41, 5.74) is 0.454. The van der Waals surface area contributed by atoms with Crippen molar-refractivity contribution in [2.24, 2.45) is 19.5 Å². The Morgan fingerprint density at radius 1 is 1.14 bits per heavy atom. The number of hydrogen-bond donors (Lipinski definition) is 0. The molecule has 0 unspecified atom stereocenters. The minimum Gasteiger partial charge on any atom is -0.362 e. The molecular weight excluding hydrogens is 489 g/mol. The van der Waals surface area contributed by atoms with Gasteiger partial charge in [0.2, 0.25) is 0 Å². The molecule has 0 aliphatic carbocycles. The fraction of sp³-hybridized carbons (Fsp3) is 0.480. The third kappa shape index (κ3) is 4.54. The summed E-state index contributed by atoms with van der Waals surface area (Å²) in [5.74, 6) is -1.10. The number of rotatable bonds is 7. The summed E-state index contributed by atoms with van der Waals surface area (Å²) >= 11 is 1.61. The molecule has 2 aliphatic heterocycles. The van der Waals surface area contributed by atoms with Crippen molar-refractivity contribution >= 4 is 17.4 Å². The summed E-state index contributed by atoms with van der Waals surface area (Å²) in [6.45, 7) is 5.17. The van der Waals surface area contributed by atoms with E-state index in [-0.39, 0.29) is 22.7 Å². The van der Waals surface area contributed by atoms with E-state index in [4.69, 9.17) is 0 Å². The van der Waals surface area contributed by atoms with Crippen molar-refractivity contribution < 1.29 is 13.2 Å². The maximum atomic E-state index is 14.5. The van der Waals surface area contributed by atoms with E-state index in [0.29, 0.717) is 18.9 Å². The van der Waals surface area contributed by atoms with Crippen LogP contribution in [-0.2, 0) is 14.1 Å². The lowest BCUT2D eigenvalue weighted by atomic mass is 9.85. The summed E-state index contributed by atoms with van der Waals surface area (Å²) in [6, 6.07) is 4.90. The highest BCUT2D eigenvalue weighted by Gasteiger charge is 2.51. The first-order valence-corrected chi connectivity index (χ1v) is 13.0. The molecule has 192 valence electrons. The number of likely N-dealkylation sites (tertiary alicyclic amines) is 1. The van der Waals surface area contributed by atoms with Gasteiger partial charge in [0.1, 0.15) is 11.5 Å². The molecule has 3 aromatic rings. The van der Waals surface area contributed by atoms with Crippen molar-refractivity contribution in [3.8, 4) is 11.4 Å².